The molecule has 1 aromatic heterocycles. The number of aromatic nitrogens is 1. The van der Waals surface area contributed by atoms with Crippen molar-refractivity contribution in [3.63, 3.8) is 0 Å². The summed E-state index contributed by atoms with van der Waals surface area (Å²) in [5, 5.41) is 2.85. The topological polar surface area (TPSA) is 91.8 Å². The van der Waals surface area contributed by atoms with Gasteiger partial charge in [0.25, 0.3) is 0 Å². The van der Waals surface area contributed by atoms with Crippen molar-refractivity contribution in [2.45, 2.75) is 13.0 Å². The summed E-state index contributed by atoms with van der Waals surface area (Å²) in [4.78, 5) is 18.2. The SMILES string of the molecule is CS(=O)(=O)N(CCC(=O)NCCN1CCOCC1)Cc1cccnc1. The quantitative estimate of drug-likeness (QED) is 0.641. The Bertz CT molecular complexity index is 633. The summed E-state index contributed by atoms with van der Waals surface area (Å²) in [5.41, 5.74) is 0.792. The molecule has 1 aliphatic heterocycles. The van der Waals surface area contributed by atoms with E-state index in [1.807, 2.05) is 6.07 Å². The van der Waals surface area contributed by atoms with Crippen LogP contribution < -0.4 is 5.32 Å². The van der Waals surface area contributed by atoms with Crippen LogP contribution in [0, 0.1) is 0 Å². The molecule has 0 spiro atoms. The largest absolute Gasteiger partial charge is 0.379 e. The van der Waals surface area contributed by atoms with Crippen LogP contribution in [0.5, 0.6) is 0 Å². The van der Waals surface area contributed by atoms with E-state index in [9.17, 15) is 13.2 Å². The molecule has 2 rings (SSSR count). The molecule has 1 amide bonds. The maximum atomic E-state index is 12.0. The Hall–Kier alpha value is -1.55. The Labute approximate surface area is 149 Å². The van der Waals surface area contributed by atoms with Gasteiger partial charge in [0.15, 0.2) is 0 Å². The fourth-order valence-electron chi connectivity index (χ4n) is 2.55. The molecule has 0 unspecified atom stereocenters. The average molecular weight is 370 g/mol. The van der Waals surface area contributed by atoms with Gasteiger partial charge < -0.3 is 10.1 Å². The van der Waals surface area contributed by atoms with E-state index in [0.717, 1.165) is 44.7 Å². The molecule has 1 fully saturated rings. The van der Waals surface area contributed by atoms with Crippen LogP contribution in [-0.2, 0) is 26.1 Å². The number of pyridine rings is 1. The number of hydrogen-bond acceptors (Lipinski definition) is 6. The van der Waals surface area contributed by atoms with Crippen molar-refractivity contribution in [1.29, 1.82) is 0 Å². The summed E-state index contributed by atoms with van der Waals surface area (Å²) in [7, 11) is -3.39. The second kappa shape index (κ2) is 9.81. The van der Waals surface area contributed by atoms with Crippen LogP contribution in [0.1, 0.15) is 12.0 Å². The van der Waals surface area contributed by atoms with Crippen molar-refractivity contribution in [3.05, 3.63) is 30.1 Å². The van der Waals surface area contributed by atoms with Gasteiger partial charge in [-0.05, 0) is 11.6 Å². The first-order chi connectivity index (χ1) is 11.9. The molecule has 0 atom stereocenters. The van der Waals surface area contributed by atoms with Gasteiger partial charge in [-0.3, -0.25) is 14.7 Å². The highest BCUT2D eigenvalue weighted by molar-refractivity contribution is 7.88. The molecule has 1 aromatic rings. The maximum absolute atomic E-state index is 12.0. The van der Waals surface area contributed by atoms with Crippen LogP contribution in [0.25, 0.3) is 0 Å². The summed E-state index contributed by atoms with van der Waals surface area (Å²) < 4.78 is 30.4. The summed E-state index contributed by atoms with van der Waals surface area (Å²) in [6.07, 6.45) is 4.55. The number of carbonyl (C=O) groups is 1. The zero-order chi connectivity index (χ0) is 18.1. The fourth-order valence-corrected chi connectivity index (χ4v) is 3.36. The van der Waals surface area contributed by atoms with Gasteiger partial charge in [0.05, 0.1) is 19.5 Å². The fraction of sp³-hybridized carbons (Fsp3) is 0.625. The molecule has 140 valence electrons. The standard InChI is InChI=1S/C16H26N4O4S/c1-25(22,23)20(14-15-3-2-5-17-13-15)7-4-16(21)18-6-8-19-9-11-24-12-10-19/h2-3,5,13H,4,6-12,14H2,1H3,(H,18,21). The minimum atomic E-state index is -3.39. The lowest BCUT2D eigenvalue weighted by Crippen LogP contribution is -2.42. The third-order valence-electron chi connectivity index (χ3n) is 3.99. The Morgan fingerprint density at radius 2 is 2.16 bits per heavy atom. The summed E-state index contributed by atoms with van der Waals surface area (Å²) >= 11 is 0. The van der Waals surface area contributed by atoms with E-state index in [4.69, 9.17) is 4.74 Å². The highest BCUT2D eigenvalue weighted by Gasteiger charge is 2.18. The molecule has 0 aromatic carbocycles. The van der Waals surface area contributed by atoms with Crippen LogP contribution in [0.2, 0.25) is 0 Å². The number of sulfonamides is 1. The van der Waals surface area contributed by atoms with E-state index < -0.39 is 10.0 Å². The van der Waals surface area contributed by atoms with Crippen LogP contribution >= 0.6 is 0 Å². The maximum Gasteiger partial charge on any atom is 0.221 e. The van der Waals surface area contributed by atoms with Crippen LogP contribution in [0.4, 0.5) is 0 Å². The monoisotopic (exact) mass is 370 g/mol. The first kappa shape index (κ1) is 19.8. The average Bonchev–Trinajstić information content (AvgIpc) is 2.59. The van der Waals surface area contributed by atoms with Crippen molar-refractivity contribution >= 4 is 15.9 Å². The number of amides is 1. The zero-order valence-electron chi connectivity index (χ0n) is 14.6. The van der Waals surface area contributed by atoms with E-state index in [-0.39, 0.29) is 25.4 Å². The molecule has 25 heavy (non-hydrogen) atoms. The first-order valence-electron chi connectivity index (χ1n) is 8.36. The molecule has 2 heterocycles. The number of nitrogens with one attached hydrogen (secondary N) is 1. The number of nitrogens with zero attached hydrogens (tertiary/aromatic N) is 3. The lowest BCUT2D eigenvalue weighted by Gasteiger charge is -2.26. The van der Waals surface area contributed by atoms with Crippen LogP contribution in [0.15, 0.2) is 24.5 Å². The number of carbonyl (C=O) groups excluding carboxylic acids is 1. The van der Waals surface area contributed by atoms with Crippen molar-refractivity contribution < 1.29 is 17.9 Å². The highest BCUT2D eigenvalue weighted by atomic mass is 32.2. The molecule has 8 nitrogen and oxygen atoms in total. The lowest BCUT2D eigenvalue weighted by molar-refractivity contribution is -0.121. The van der Waals surface area contributed by atoms with Crippen molar-refractivity contribution in [2.75, 3.05) is 52.2 Å². The Morgan fingerprint density at radius 3 is 2.80 bits per heavy atom. The Kier molecular flexibility index (Phi) is 7.76. The van der Waals surface area contributed by atoms with E-state index >= 15 is 0 Å². The predicted octanol–water partition coefficient (Wildman–Crippen LogP) is -0.318. The van der Waals surface area contributed by atoms with Gasteiger partial charge in [0.1, 0.15) is 0 Å². The highest BCUT2D eigenvalue weighted by Crippen LogP contribution is 2.08. The van der Waals surface area contributed by atoms with Gasteiger partial charge >= 0.3 is 0 Å². The Balaban J connectivity index is 1.74. The van der Waals surface area contributed by atoms with Crippen LogP contribution in [0.3, 0.4) is 0 Å². The molecular formula is C16H26N4O4S. The van der Waals surface area contributed by atoms with E-state index in [2.05, 4.69) is 15.2 Å². The minimum Gasteiger partial charge on any atom is -0.379 e. The molecule has 1 saturated heterocycles. The van der Waals surface area contributed by atoms with Gasteiger partial charge in [-0.2, -0.15) is 4.31 Å². The van der Waals surface area contributed by atoms with Crippen LogP contribution in [-0.4, -0.2) is 80.7 Å². The normalized spacial score (nSPS) is 16.1. The molecule has 0 radical (unpaired) electrons. The first-order valence-corrected chi connectivity index (χ1v) is 10.2. The van der Waals surface area contributed by atoms with Crippen molar-refractivity contribution in [1.82, 2.24) is 19.5 Å². The molecule has 1 aliphatic rings. The van der Waals surface area contributed by atoms with E-state index in [0.29, 0.717) is 6.54 Å². The Morgan fingerprint density at radius 1 is 1.40 bits per heavy atom. The minimum absolute atomic E-state index is 0.135. The van der Waals surface area contributed by atoms with Gasteiger partial charge in [-0.25, -0.2) is 8.42 Å². The molecular weight excluding hydrogens is 344 g/mol. The summed E-state index contributed by atoms with van der Waals surface area (Å²) in [6.45, 7) is 4.91. The predicted molar refractivity (Wildman–Crippen MR) is 94.4 cm³/mol. The molecule has 9 heteroatoms. The third kappa shape index (κ3) is 7.47. The molecule has 0 saturated carbocycles. The molecule has 0 bridgehead atoms. The zero-order valence-corrected chi connectivity index (χ0v) is 15.4. The van der Waals surface area contributed by atoms with Gasteiger partial charge in [-0.15, -0.1) is 0 Å². The van der Waals surface area contributed by atoms with Gasteiger partial charge in [0.2, 0.25) is 15.9 Å². The van der Waals surface area contributed by atoms with Gasteiger partial charge in [-0.1, -0.05) is 6.07 Å². The number of morpholine rings is 1. The third-order valence-corrected chi connectivity index (χ3v) is 5.24. The number of hydrogen-bond donors (Lipinski definition) is 1. The summed E-state index contributed by atoms with van der Waals surface area (Å²) in [6, 6.07) is 3.57. The van der Waals surface area contributed by atoms with E-state index in [1.54, 1.807) is 18.5 Å². The second-order valence-electron chi connectivity index (χ2n) is 6.01. The smallest absolute Gasteiger partial charge is 0.221 e. The second-order valence-corrected chi connectivity index (χ2v) is 7.99. The molecule has 0 aliphatic carbocycles. The number of rotatable bonds is 9. The van der Waals surface area contributed by atoms with E-state index in [1.165, 1.54) is 4.31 Å². The van der Waals surface area contributed by atoms with Gasteiger partial charge in [0, 0.05) is 58.1 Å². The summed E-state index contributed by atoms with van der Waals surface area (Å²) in [5.74, 6) is -0.145. The lowest BCUT2D eigenvalue weighted by atomic mass is 10.3. The molecule has 1 N–H and O–H groups in total. The van der Waals surface area contributed by atoms with Crippen molar-refractivity contribution in [2.24, 2.45) is 0 Å². The van der Waals surface area contributed by atoms with Crippen molar-refractivity contribution in [3.8, 4) is 0 Å². The number of ether oxygens (including phenoxy) is 1.